The summed E-state index contributed by atoms with van der Waals surface area (Å²) in [4.78, 5) is 13.4. The van der Waals surface area contributed by atoms with Crippen molar-refractivity contribution in [3.05, 3.63) is 89.4 Å². The number of benzene rings is 1. The van der Waals surface area contributed by atoms with Gasteiger partial charge in [-0.25, -0.2) is 22.8 Å². The number of fused-ring (bicyclic) bond motifs is 1. The van der Waals surface area contributed by atoms with E-state index in [0.717, 1.165) is 24.0 Å². The maximum Gasteiger partial charge on any atom is 0.267 e. The molecule has 1 unspecified atom stereocenters. The van der Waals surface area contributed by atoms with Crippen LogP contribution in [0.25, 0.3) is 0 Å². The van der Waals surface area contributed by atoms with Crippen molar-refractivity contribution in [2.45, 2.75) is 61.0 Å². The Bertz CT molecular complexity index is 1620. The standard InChI is InChI=1S/C29H31FN6O3S/c1-36-17-33-28(35-36)40(38,39)24-10-5-21-12-26(34-23-8-6-22(30)7-9-23)20(15-31)13-29(21,14-24)27(37)25-11-4-19(16-32-25)18-2-3-18/h4,6-9,11-12,15-18,24,27,37H,2-3,5,10,13-14,31H2,1H3/t24-,27?,29-/m0/s1. The van der Waals surface area contributed by atoms with Crippen molar-refractivity contribution >= 4 is 21.2 Å². The predicted octanol–water partition coefficient (Wildman–Crippen LogP) is 4.22. The lowest BCUT2D eigenvalue weighted by atomic mass is 9.59. The maximum atomic E-state index is 13.6. The monoisotopic (exact) mass is 562 g/mol. The summed E-state index contributed by atoms with van der Waals surface area (Å²) in [5, 5.41) is 15.0. The molecule has 3 aliphatic carbocycles. The molecule has 11 heteroatoms. The van der Waals surface area contributed by atoms with Crippen LogP contribution in [0.4, 0.5) is 10.1 Å². The van der Waals surface area contributed by atoms with Crippen LogP contribution < -0.4 is 5.73 Å². The van der Waals surface area contributed by atoms with Crippen LogP contribution in [0.15, 0.2) is 82.5 Å². The van der Waals surface area contributed by atoms with Gasteiger partial charge in [-0.3, -0.25) is 9.67 Å². The van der Waals surface area contributed by atoms with Gasteiger partial charge in [0, 0.05) is 18.7 Å². The molecule has 3 aromatic rings. The lowest BCUT2D eigenvalue weighted by Crippen LogP contribution is -2.44. The van der Waals surface area contributed by atoms with Crippen molar-refractivity contribution in [1.29, 1.82) is 0 Å². The number of hydrogen-bond acceptors (Lipinski definition) is 8. The topological polar surface area (TPSA) is 136 Å². The first kappa shape index (κ1) is 26.5. The number of aromatic nitrogens is 4. The number of allylic oxidation sites excluding steroid dienone is 2. The van der Waals surface area contributed by atoms with Gasteiger partial charge in [0.15, 0.2) is 0 Å². The van der Waals surface area contributed by atoms with E-state index in [9.17, 15) is 17.9 Å². The molecule has 3 atom stereocenters. The molecule has 208 valence electrons. The van der Waals surface area contributed by atoms with Crippen LogP contribution in [-0.2, 0) is 16.9 Å². The zero-order valence-electron chi connectivity index (χ0n) is 22.1. The fourth-order valence-electron chi connectivity index (χ4n) is 5.97. The summed E-state index contributed by atoms with van der Waals surface area (Å²) in [5.74, 6) is 0.166. The van der Waals surface area contributed by atoms with E-state index >= 15 is 0 Å². The van der Waals surface area contributed by atoms with E-state index < -0.39 is 26.6 Å². The quantitative estimate of drug-likeness (QED) is 0.459. The van der Waals surface area contributed by atoms with E-state index in [0.29, 0.717) is 41.4 Å². The van der Waals surface area contributed by atoms with Crippen molar-refractivity contribution in [2.24, 2.45) is 23.2 Å². The van der Waals surface area contributed by atoms with Gasteiger partial charge in [-0.05, 0) is 98.2 Å². The highest BCUT2D eigenvalue weighted by atomic mass is 32.2. The van der Waals surface area contributed by atoms with Crippen LogP contribution >= 0.6 is 0 Å². The number of nitrogens with zero attached hydrogens (tertiary/aromatic N) is 5. The summed E-state index contributed by atoms with van der Waals surface area (Å²) in [6.45, 7) is 0. The lowest BCUT2D eigenvalue weighted by Gasteiger charge is -2.48. The molecular weight excluding hydrogens is 531 g/mol. The zero-order valence-corrected chi connectivity index (χ0v) is 22.9. The van der Waals surface area contributed by atoms with Crippen molar-refractivity contribution in [1.82, 2.24) is 19.7 Å². The molecule has 2 aromatic heterocycles. The van der Waals surface area contributed by atoms with Crippen LogP contribution in [0.1, 0.15) is 61.8 Å². The van der Waals surface area contributed by atoms with Crippen LogP contribution in [0.5, 0.6) is 0 Å². The second kappa shape index (κ2) is 10.0. The molecule has 0 spiro atoms. The number of aliphatic hydroxyl groups is 1. The van der Waals surface area contributed by atoms with Gasteiger partial charge in [0.05, 0.1) is 22.3 Å². The molecular formula is C29H31FN6O3S. The third-order valence-electron chi connectivity index (χ3n) is 8.32. The highest BCUT2D eigenvalue weighted by Gasteiger charge is 2.52. The van der Waals surface area contributed by atoms with Gasteiger partial charge in [-0.1, -0.05) is 11.6 Å². The molecule has 0 bridgehead atoms. The van der Waals surface area contributed by atoms with Gasteiger partial charge >= 0.3 is 0 Å². The second-order valence-corrected chi connectivity index (χ2v) is 13.1. The molecule has 6 rings (SSSR count). The number of aliphatic imine (C=N–C) groups is 1. The first-order chi connectivity index (χ1) is 19.2. The summed E-state index contributed by atoms with van der Waals surface area (Å²) in [6.07, 6.45) is 8.92. The van der Waals surface area contributed by atoms with Crippen LogP contribution in [0.3, 0.4) is 0 Å². The molecule has 3 aliphatic rings. The second-order valence-electron chi connectivity index (χ2n) is 11.0. The minimum atomic E-state index is -3.86. The first-order valence-corrected chi connectivity index (χ1v) is 14.9. The molecule has 0 radical (unpaired) electrons. The number of aryl methyl sites for hydroxylation is 1. The highest BCUT2D eigenvalue weighted by molar-refractivity contribution is 7.91. The number of hydrogen-bond donors (Lipinski definition) is 2. The van der Waals surface area contributed by atoms with E-state index in [1.54, 1.807) is 19.2 Å². The van der Waals surface area contributed by atoms with E-state index in [2.05, 4.69) is 15.1 Å². The highest BCUT2D eigenvalue weighted by Crippen LogP contribution is 2.56. The normalized spacial score (nSPS) is 26.0. The number of pyridine rings is 1. The summed E-state index contributed by atoms with van der Waals surface area (Å²) in [7, 11) is -2.24. The number of nitrogens with two attached hydrogens (primary N) is 1. The molecule has 0 aliphatic heterocycles. The summed E-state index contributed by atoms with van der Waals surface area (Å²) in [6, 6.07) is 9.70. The van der Waals surface area contributed by atoms with E-state index in [-0.39, 0.29) is 23.8 Å². The fraction of sp³-hybridized carbons (Fsp3) is 0.379. The molecule has 2 heterocycles. The summed E-state index contributed by atoms with van der Waals surface area (Å²) < 4.78 is 42.1. The third kappa shape index (κ3) is 4.77. The molecule has 9 nitrogen and oxygen atoms in total. The minimum absolute atomic E-state index is 0.147. The smallest absolute Gasteiger partial charge is 0.267 e. The summed E-state index contributed by atoms with van der Waals surface area (Å²) in [5.41, 5.74) is 9.47. The average Bonchev–Trinajstić information content (AvgIpc) is 3.72. The number of aliphatic hydroxyl groups excluding tert-OH is 1. The van der Waals surface area contributed by atoms with E-state index in [1.807, 2.05) is 24.4 Å². The van der Waals surface area contributed by atoms with E-state index in [4.69, 9.17) is 10.7 Å². The average molecular weight is 563 g/mol. The first-order valence-electron chi connectivity index (χ1n) is 13.4. The van der Waals surface area contributed by atoms with Crippen LogP contribution in [0, 0.1) is 11.2 Å². The number of halogens is 1. The van der Waals surface area contributed by atoms with E-state index in [1.165, 1.54) is 29.3 Å². The van der Waals surface area contributed by atoms with Crippen molar-refractivity contribution in [2.75, 3.05) is 0 Å². The summed E-state index contributed by atoms with van der Waals surface area (Å²) >= 11 is 0. The largest absolute Gasteiger partial charge is 0.404 e. The molecule has 40 heavy (non-hydrogen) atoms. The Balaban J connectivity index is 1.43. The van der Waals surface area contributed by atoms with Crippen molar-refractivity contribution < 1.29 is 17.9 Å². The minimum Gasteiger partial charge on any atom is -0.404 e. The molecule has 3 N–H and O–H groups in total. The molecule has 0 amide bonds. The molecule has 1 aromatic carbocycles. The molecule has 2 fully saturated rings. The van der Waals surface area contributed by atoms with Crippen LogP contribution in [-0.4, -0.2) is 44.2 Å². The Morgan fingerprint density at radius 1 is 1.18 bits per heavy atom. The molecule has 2 saturated carbocycles. The predicted molar refractivity (Wildman–Crippen MR) is 148 cm³/mol. The number of sulfone groups is 1. The Kier molecular flexibility index (Phi) is 6.66. The van der Waals surface area contributed by atoms with Gasteiger partial charge in [0.1, 0.15) is 18.2 Å². The van der Waals surface area contributed by atoms with Crippen molar-refractivity contribution in [3.8, 4) is 0 Å². The van der Waals surface area contributed by atoms with Gasteiger partial charge < -0.3 is 10.8 Å². The fourth-order valence-corrected chi connectivity index (χ4v) is 7.64. The Hall–Kier alpha value is -3.70. The van der Waals surface area contributed by atoms with Crippen molar-refractivity contribution in [3.63, 3.8) is 0 Å². The Labute approximate surface area is 232 Å². The number of rotatable bonds is 6. The van der Waals surface area contributed by atoms with Crippen LogP contribution in [0.2, 0.25) is 0 Å². The Morgan fingerprint density at radius 3 is 2.58 bits per heavy atom. The maximum absolute atomic E-state index is 13.6. The third-order valence-corrected chi connectivity index (χ3v) is 10.3. The zero-order chi connectivity index (χ0) is 28.1. The van der Waals surface area contributed by atoms with Gasteiger partial charge in [-0.2, -0.15) is 0 Å². The Morgan fingerprint density at radius 2 is 1.95 bits per heavy atom. The molecule has 0 saturated heterocycles. The van der Waals surface area contributed by atoms with Gasteiger partial charge in [0.25, 0.3) is 5.16 Å². The lowest BCUT2D eigenvalue weighted by molar-refractivity contribution is 0.0281. The van der Waals surface area contributed by atoms with Gasteiger partial charge in [0.2, 0.25) is 9.84 Å². The van der Waals surface area contributed by atoms with Gasteiger partial charge in [-0.15, -0.1) is 5.10 Å². The SMILES string of the molecule is Cn1cnc(S(=O)(=O)[C@H]2CCC3=CC(=Nc4ccc(F)cc4)C(=CN)C[C@]3(C(O)c3ccc(C4CC4)cn3)C2)n1.